The third-order valence-corrected chi connectivity index (χ3v) is 6.75. The molecule has 2 aliphatic rings. The molecule has 1 atom stereocenters. The van der Waals surface area contributed by atoms with Gasteiger partial charge in [-0.1, -0.05) is 54.2 Å². The second kappa shape index (κ2) is 8.14. The summed E-state index contributed by atoms with van der Waals surface area (Å²) in [5.41, 5.74) is 3.18. The Hall–Kier alpha value is -2.80. The number of nitrogens with zero attached hydrogens (tertiary/aromatic N) is 3. The Kier molecular flexibility index (Phi) is 5.21. The van der Waals surface area contributed by atoms with Crippen molar-refractivity contribution < 1.29 is 9.90 Å². The van der Waals surface area contributed by atoms with Crippen LogP contribution in [0.5, 0.6) is 5.75 Å². The number of phenolic OH excluding ortho intramolecular Hbond substituents is 1. The number of hydrogen-bond acceptors (Lipinski definition) is 5. The van der Waals surface area contributed by atoms with Crippen molar-refractivity contribution >= 4 is 17.7 Å². The fraction of sp³-hybridized carbons (Fsp3) is 0.348. The number of nitrogens with one attached hydrogen (secondary N) is 1. The molecule has 0 spiro atoms. The van der Waals surface area contributed by atoms with Gasteiger partial charge in [-0.25, -0.2) is 0 Å². The first-order valence-electron chi connectivity index (χ1n) is 10.4. The summed E-state index contributed by atoms with van der Waals surface area (Å²) in [6.45, 7) is 0.721. The molecule has 0 aliphatic heterocycles. The fourth-order valence-electron chi connectivity index (χ4n) is 4.12. The molecule has 1 fully saturated rings. The highest BCUT2D eigenvalue weighted by molar-refractivity contribution is 7.99. The zero-order valence-electron chi connectivity index (χ0n) is 16.6. The second-order valence-electron chi connectivity index (χ2n) is 7.98. The summed E-state index contributed by atoms with van der Waals surface area (Å²) >= 11 is 1.44. The molecule has 30 heavy (non-hydrogen) atoms. The van der Waals surface area contributed by atoms with E-state index in [4.69, 9.17) is 0 Å². The molecule has 7 heteroatoms. The van der Waals surface area contributed by atoms with Gasteiger partial charge in [0.2, 0.25) is 5.91 Å². The van der Waals surface area contributed by atoms with Gasteiger partial charge in [-0.3, -0.25) is 4.79 Å². The van der Waals surface area contributed by atoms with E-state index in [1.807, 2.05) is 30.3 Å². The summed E-state index contributed by atoms with van der Waals surface area (Å²) in [6.07, 6.45) is 3.92. The Labute approximate surface area is 179 Å². The number of thioether (sulfide) groups is 1. The highest BCUT2D eigenvalue weighted by atomic mass is 32.2. The average molecular weight is 421 g/mol. The zero-order valence-corrected chi connectivity index (χ0v) is 17.4. The monoisotopic (exact) mass is 420 g/mol. The first-order chi connectivity index (χ1) is 14.7. The van der Waals surface area contributed by atoms with Crippen LogP contribution in [-0.4, -0.2) is 31.5 Å². The summed E-state index contributed by atoms with van der Waals surface area (Å²) in [5.74, 6) is 2.11. The van der Waals surface area contributed by atoms with Crippen LogP contribution >= 0.6 is 11.8 Å². The minimum atomic E-state index is -0.0376. The van der Waals surface area contributed by atoms with Gasteiger partial charge in [-0.15, -0.1) is 10.2 Å². The lowest BCUT2D eigenvalue weighted by Crippen LogP contribution is -2.28. The van der Waals surface area contributed by atoms with E-state index in [1.165, 1.54) is 17.3 Å². The lowest BCUT2D eigenvalue weighted by molar-refractivity contribution is -0.119. The number of amides is 1. The molecule has 0 saturated heterocycles. The molecule has 154 valence electrons. The van der Waals surface area contributed by atoms with Gasteiger partial charge in [-0.2, -0.15) is 0 Å². The maximum Gasteiger partial charge on any atom is 0.230 e. The van der Waals surface area contributed by atoms with Gasteiger partial charge < -0.3 is 15.0 Å². The third-order valence-electron chi connectivity index (χ3n) is 5.79. The van der Waals surface area contributed by atoms with E-state index >= 15 is 0 Å². The largest absolute Gasteiger partial charge is 0.508 e. The van der Waals surface area contributed by atoms with Crippen molar-refractivity contribution in [2.45, 2.75) is 49.3 Å². The topological polar surface area (TPSA) is 80.0 Å². The molecule has 2 N–H and O–H groups in total. The summed E-state index contributed by atoms with van der Waals surface area (Å²) in [4.78, 5) is 12.6. The van der Waals surface area contributed by atoms with Gasteiger partial charge in [0, 0.05) is 5.92 Å². The Bertz CT molecular complexity index is 1060. The van der Waals surface area contributed by atoms with E-state index < -0.39 is 0 Å². The number of carbonyl (C=O) groups is 1. The smallest absolute Gasteiger partial charge is 0.230 e. The second-order valence-corrected chi connectivity index (χ2v) is 8.92. The maximum atomic E-state index is 12.6. The summed E-state index contributed by atoms with van der Waals surface area (Å²) in [5, 5.41) is 22.7. The lowest BCUT2D eigenvalue weighted by Gasteiger charge is -2.14. The Morgan fingerprint density at radius 1 is 1.10 bits per heavy atom. The Balaban J connectivity index is 1.26. The summed E-state index contributed by atoms with van der Waals surface area (Å²) < 4.78 is 2.16. The van der Waals surface area contributed by atoms with E-state index in [-0.39, 0.29) is 11.9 Å². The number of aromatic hydroxyl groups is 1. The van der Waals surface area contributed by atoms with Crippen molar-refractivity contribution in [2.24, 2.45) is 0 Å². The lowest BCUT2D eigenvalue weighted by atomic mass is 10.1. The quantitative estimate of drug-likeness (QED) is 0.568. The maximum absolute atomic E-state index is 12.6. The SMILES string of the molecule is O=C(CSc1nnc(C2CC2)n1Cc1ccccc1)NC1CCc2c(O)cccc21. The van der Waals surface area contributed by atoms with E-state index in [9.17, 15) is 9.90 Å². The molecule has 1 unspecified atom stereocenters. The van der Waals surface area contributed by atoms with Gasteiger partial charge >= 0.3 is 0 Å². The molecule has 1 heterocycles. The number of rotatable bonds is 7. The van der Waals surface area contributed by atoms with Crippen molar-refractivity contribution in [3.05, 3.63) is 71.0 Å². The number of aromatic nitrogens is 3. The van der Waals surface area contributed by atoms with Crippen LogP contribution in [0.25, 0.3) is 0 Å². The highest BCUT2D eigenvalue weighted by Crippen LogP contribution is 2.40. The van der Waals surface area contributed by atoms with Crippen LogP contribution in [0.2, 0.25) is 0 Å². The molecule has 5 rings (SSSR count). The van der Waals surface area contributed by atoms with Crippen LogP contribution < -0.4 is 5.32 Å². The van der Waals surface area contributed by atoms with E-state index in [0.717, 1.165) is 54.3 Å². The van der Waals surface area contributed by atoms with Gasteiger partial charge in [0.15, 0.2) is 5.16 Å². The zero-order chi connectivity index (χ0) is 20.5. The summed E-state index contributed by atoms with van der Waals surface area (Å²) in [6, 6.07) is 15.8. The van der Waals surface area contributed by atoms with Crippen molar-refractivity contribution in [2.75, 3.05) is 5.75 Å². The minimum Gasteiger partial charge on any atom is -0.508 e. The van der Waals surface area contributed by atoms with Crippen LogP contribution in [0.1, 0.15) is 53.7 Å². The molecule has 1 aromatic heterocycles. The van der Waals surface area contributed by atoms with E-state index in [1.54, 1.807) is 6.07 Å². The Morgan fingerprint density at radius 3 is 2.73 bits per heavy atom. The van der Waals surface area contributed by atoms with Crippen LogP contribution in [0.4, 0.5) is 0 Å². The van der Waals surface area contributed by atoms with Gasteiger partial charge in [-0.05, 0) is 48.4 Å². The molecule has 2 aliphatic carbocycles. The molecule has 0 radical (unpaired) electrons. The molecule has 1 saturated carbocycles. The average Bonchev–Trinajstić information content (AvgIpc) is 3.40. The number of benzene rings is 2. The van der Waals surface area contributed by atoms with Crippen LogP contribution in [0.15, 0.2) is 53.7 Å². The molecule has 2 aromatic carbocycles. The molecular weight excluding hydrogens is 396 g/mol. The third kappa shape index (κ3) is 3.94. The first-order valence-corrected chi connectivity index (χ1v) is 11.4. The van der Waals surface area contributed by atoms with Gasteiger partial charge in [0.05, 0.1) is 18.3 Å². The number of hydrogen-bond donors (Lipinski definition) is 2. The van der Waals surface area contributed by atoms with Crippen molar-refractivity contribution in [1.29, 1.82) is 0 Å². The molecule has 6 nitrogen and oxygen atoms in total. The van der Waals surface area contributed by atoms with Crippen LogP contribution in [0, 0.1) is 0 Å². The standard InChI is InChI=1S/C23H24N4O2S/c28-20-8-4-7-17-18(20)11-12-19(17)24-21(29)14-30-23-26-25-22(16-9-10-16)27(23)13-15-5-2-1-3-6-15/h1-8,16,19,28H,9-14H2,(H,24,29). The predicted octanol–water partition coefficient (Wildman–Crippen LogP) is 3.81. The van der Waals surface area contributed by atoms with Crippen molar-refractivity contribution in [1.82, 2.24) is 20.1 Å². The van der Waals surface area contributed by atoms with E-state index in [0.29, 0.717) is 17.4 Å². The highest BCUT2D eigenvalue weighted by Gasteiger charge is 2.31. The molecule has 3 aromatic rings. The van der Waals surface area contributed by atoms with E-state index in [2.05, 4.69) is 32.2 Å². The predicted molar refractivity (Wildman–Crippen MR) is 116 cm³/mol. The normalized spacial score (nSPS) is 17.7. The molecule has 0 bridgehead atoms. The van der Waals surface area contributed by atoms with Crippen molar-refractivity contribution in [3.8, 4) is 5.75 Å². The van der Waals surface area contributed by atoms with Crippen molar-refractivity contribution in [3.63, 3.8) is 0 Å². The van der Waals surface area contributed by atoms with Gasteiger partial charge in [0.25, 0.3) is 0 Å². The van der Waals surface area contributed by atoms with Crippen LogP contribution in [0.3, 0.4) is 0 Å². The summed E-state index contributed by atoms with van der Waals surface area (Å²) in [7, 11) is 0. The number of phenols is 1. The molecule has 1 amide bonds. The first kappa shape index (κ1) is 19.2. The minimum absolute atomic E-state index is 0.0246. The van der Waals surface area contributed by atoms with Gasteiger partial charge in [0.1, 0.15) is 11.6 Å². The van der Waals surface area contributed by atoms with Crippen LogP contribution in [-0.2, 0) is 17.8 Å². The Morgan fingerprint density at radius 2 is 1.93 bits per heavy atom. The number of fused-ring (bicyclic) bond motifs is 1. The molecular formula is C23H24N4O2S. The fourth-order valence-corrected chi connectivity index (χ4v) is 4.87. The number of carbonyl (C=O) groups excluding carboxylic acids is 1.